The van der Waals surface area contributed by atoms with Gasteiger partial charge in [-0.1, -0.05) is 47.5 Å². The number of hydrogen-bond donors (Lipinski definition) is 1. The minimum Gasteiger partial charge on any atom is -0.479 e. The molecule has 6 nitrogen and oxygen atoms in total. The normalized spacial score (nSPS) is 13.5. The topological polar surface area (TPSA) is 83.9 Å². The summed E-state index contributed by atoms with van der Waals surface area (Å²) in [6.07, 6.45) is 1.88. The van der Waals surface area contributed by atoms with Crippen molar-refractivity contribution in [1.82, 2.24) is 0 Å². The van der Waals surface area contributed by atoms with E-state index in [1.54, 1.807) is 36.4 Å². The van der Waals surface area contributed by atoms with Crippen LogP contribution in [0.3, 0.4) is 0 Å². The molecule has 1 N–H and O–H groups in total. The fourth-order valence-corrected chi connectivity index (χ4v) is 6.11. The van der Waals surface area contributed by atoms with Crippen LogP contribution in [0.4, 0.5) is 10.1 Å². The molecule has 0 radical (unpaired) electrons. The zero-order chi connectivity index (χ0) is 24.5. The van der Waals surface area contributed by atoms with Crippen molar-refractivity contribution in [2.45, 2.75) is 17.7 Å². The van der Waals surface area contributed by atoms with Gasteiger partial charge in [-0.3, -0.25) is 4.31 Å². The molecule has 1 aliphatic rings. The lowest BCUT2D eigenvalue weighted by Gasteiger charge is -2.25. The summed E-state index contributed by atoms with van der Waals surface area (Å²) in [6, 6.07) is 15.4. The number of benzene rings is 3. The number of ether oxygens (including phenoxy) is 1. The third-order valence-corrected chi connectivity index (χ3v) is 8.11. The number of halogens is 3. The van der Waals surface area contributed by atoms with Gasteiger partial charge in [-0.05, 0) is 66.3 Å². The first-order chi connectivity index (χ1) is 16.2. The number of sulfonamides is 1. The minimum absolute atomic E-state index is 0.0469. The summed E-state index contributed by atoms with van der Waals surface area (Å²) in [5.74, 6) is -1.82. The molecule has 0 aromatic heterocycles. The van der Waals surface area contributed by atoms with Gasteiger partial charge in [-0.15, -0.1) is 0 Å². The average molecular weight is 524 g/mol. The molecule has 0 unspecified atom stereocenters. The van der Waals surface area contributed by atoms with E-state index in [0.29, 0.717) is 23.4 Å². The lowest BCUT2D eigenvalue weighted by molar-refractivity contribution is -0.139. The summed E-state index contributed by atoms with van der Waals surface area (Å²) in [5.41, 5.74) is 1.61. The van der Waals surface area contributed by atoms with E-state index < -0.39 is 28.4 Å². The molecule has 1 fully saturated rings. The molecule has 0 spiro atoms. The summed E-state index contributed by atoms with van der Waals surface area (Å²) < 4.78 is 47.6. The van der Waals surface area contributed by atoms with Crippen LogP contribution in [0.25, 0.3) is 11.1 Å². The van der Waals surface area contributed by atoms with Gasteiger partial charge in [0.1, 0.15) is 4.90 Å². The first-order valence-electron chi connectivity index (χ1n) is 10.4. The molecule has 0 atom stereocenters. The van der Waals surface area contributed by atoms with Crippen LogP contribution in [0.2, 0.25) is 10.0 Å². The molecular weight excluding hydrogens is 504 g/mol. The van der Waals surface area contributed by atoms with E-state index in [4.69, 9.17) is 33.0 Å². The van der Waals surface area contributed by atoms with E-state index in [1.807, 2.05) is 0 Å². The van der Waals surface area contributed by atoms with Gasteiger partial charge in [-0.25, -0.2) is 17.6 Å². The predicted molar refractivity (Wildman–Crippen MR) is 129 cm³/mol. The number of anilines is 1. The van der Waals surface area contributed by atoms with Crippen LogP contribution in [0, 0.1) is 11.7 Å². The average Bonchev–Trinajstić information content (AvgIpc) is 3.61. The zero-order valence-corrected chi connectivity index (χ0v) is 20.1. The quantitative estimate of drug-likeness (QED) is 0.379. The number of aliphatic carboxylic acids is 1. The van der Waals surface area contributed by atoms with Crippen molar-refractivity contribution < 1.29 is 27.4 Å². The van der Waals surface area contributed by atoms with Crippen molar-refractivity contribution in [2.24, 2.45) is 5.92 Å². The highest BCUT2D eigenvalue weighted by Gasteiger charge is 2.34. The smallest absolute Gasteiger partial charge is 0.341 e. The van der Waals surface area contributed by atoms with Gasteiger partial charge in [0.05, 0.1) is 15.7 Å². The highest BCUT2D eigenvalue weighted by molar-refractivity contribution is 7.93. The molecule has 178 valence electrons. The third-order valence-electron chi connectivity index (χ3n) is 5.36. The van der Waals surface area contributed by atoms with Crippen molar-refractivity contribution in [3.63, 3.8) is 0 Å². The Hall–Kier alpha value is -2.81. The molecule has 0 bridgehead atoms. The van der Waals surface area contributed by atoms with Crippen molar-refractivity contribution in [2.75, 3.05) is 17.5 Å². The summed E-state index contributed by atoms with van der Waals surface area (Å²) in [7, 11) is -4.03. The molecule has 0 saturated heterocycles. The summed E-state index contributed by atoms with van der Waals surface area (Å²) in [4.78, 5) is 10.5. The molecule has 1 saturated carbocycles. The number of carboxylic acids is 1. The summed E-state index contributed by atoms with van der Waals surface area (Å²) in [6.45, 7) is -0.348. The molecule has 0 aliphatic heterocycles. The molecule has 1 aliphatic carbocycles. The fourth-order valence-electron chi connectivity index (χ4n) is 3.47. The van der Waals surface area contributed by atoms with E-state index >= 15 is 0 Å². The molecule has 0 heterocycles. The zero-order valence-electron chi connectivity index (χ0n) is 17.7. The van der Waals surface area contributed by atoms with Gasteiger partial charge in [-0.2, -0.15) is 0 Å². The Bertz CT molecular complexity index is 1310. The number of carbonyl (C=O) groups is 1. The second kappa shape index (κ2) is 9.82. The van der Waals surface area contributed by atoms with Gasteiger partial charge in [0, 0.05) is 6.54 Å². The largest absolute Gasteiger partial charge is 0.479 e. The number of hydrogen-bond acceptors (Lipinski definition) is 4. The Labute approximate surface area is 206 Å². The van der Waals surface area contributed by atoms with Crippen LogP contribution in [-0.4, -0.2) is 32.6 Å². The Morgan fingerprint density at radius 3 is 2.21 bits per heavy atom. The fraction of sp³-hybridized carbons (Fsp3) is 0.208. The van der Waals surface area contributed by atoms with E-state index in [1.165, 1.54) is 28.6 Å². The monoisotopic (exact) mass is 523 g/mol. The van der Waals surface area contributed by atoms with Gasteiger partial charge < -0.3 is 9.84 Å². The summed E-state index contributed by atoms with van der Waals surface area (Å²) >= 11 is 12.4. The van der Waals surface area contributed by atoms with Crippen LogP contribution < -0.4 is 9.04 Å². The molecule has 3 aromatic rings. The molecule has 0 amide bonds. The minimum atomic E-state index is -4.03. The van der Waals surface area contributed by atoms with Crippen LogP contribution in [-0.2, 0) is 14.8 Å². The third kappa shape index (κ3) is 5.29. The first-order valence-corrected chi connectivity index (χ1v) is 12.6. The van der Waals surface area contributed by atoms with Crippen LogP contribution in [0.15, 0.2) is 65.6 Å². The standard InChI is InChI=1S/C24H20Cl2FNO5S/c25-19-2-1-3-20(26)24(19)34(31,32)28(13-15-4-5-15)18-9-6-16(7-10-18)17-8-11-22(21(27)12-17)33-14-23(29)30/h1-3,6-12,15H,4-5,13-14H2,(H,29,30). The second-order valence-corrected chi connectivity index (χ2v) is 10.5. The molecule has 10 heteroatoms. The van der Waals surface area contributed by atoms with E-state index in [9.17, 15) is 17.6 Å². The Balaban J connectivity index is 1.64. The van der Waals surface area contributed by atoms with Crippen molar-refractivity contribution in [1.29, 1.82) is 0 Å². The maximum absolute atomic E-state index is 14.3. The lowest BCUT2D eigenvalue weighted by atomic mass is 10.0. The van der Waals surface area contributed by atoms with Gasteiger partial charge in [0.15, 0.2) is 18.2 Å². The predicted octanol–water partition coefficient (Wildman–Crippen LogP) is 5.87. The molecule has 34 heavy (non-hydrogen) atoms. The van der Waals surface area contributed by atoms with E-state index in [2.05, 4.69) is 0 Å². The molecule has 4 rings (SSSR count). The lowest BCUT2D eigenvalue weighted by Crippen LogP contribution is -2.33. The highest BCUT2D eigenvalue weighted by Crippen LogP contribution is 2.38. The molecule has 3 aromatic carbocycles. The van der Waals surface area contributed by atoms with Crippen molar-refractivity contribution in [3.05, 3.63) is 76.5 Å². The van der Waals surface area contributed by atoms with Gasteiger partial charge in [0.25, 0.3) is 10.0 Å². The molecular formula is C24H20Cl2FNO5S. The maximum Gasteiger partial charge on any atom is 0.341 e. The van der Waals surface area contributed by atoms with Gasteiger partial charge in [0.2, 0.25) is 0 Å². The second-order valence-electron chi connectivity index (χ2n) is 7.90. The van der Waals surface area contributed by atoms with Gasteiger partial charge >= 0.3 is 5.97 Å². The SMILES string of the molecule is O=C(O)COc1ccc(-c2ccc(N(CC3CC3)S(=O)(=O)c3c(Cl)cccc3Cl)cc2)cc1F. The number of rotatable bonds is 9. The Morgan fingerprint density at radius 1 is 1.03 bits per heavy atom. The highest BCUT2D eigenvalue weighted by atomic mass is 35.5. The Morgan fingerprint density at radius 2 is 1.65 bits per heavy atom. The first kappa shape index (κ1) is 24.3. The van der Waals surface area contributed by atoms with E-state index in [-0.39, 0.29) is 26.6 Å². The van der Waals surface area contributed by atoms with E-state index in [0.717, 1.165) is 12.8 Å². The van der Waals surface area contributed by atoms with Crippen LogP contribution in [0.1, 0.15) is 12.8 Å². The summed E-state index contributed by atoms with van der Waals surface area (Å²) in [5, 5.41) is 8.77. The van der Waals surface area contributed by atoms with Crippen LogP contribution >= 0.6 is 23.2 Å². The number of nitrogens with zero attached hydrogens (tertiary/aromatic N) is 1. The van der Waals surface area contributed by atoms with Crippen molar-refractivity contribution in [3.8, 4) is 16.9 Å². The van der Waals surface area contributed by atoms with Crippen molar-refractivity contribution >= 4 is 44.9 Å². The number of carboxylic acid groups (broad SMARTS) is 1. The maximum atomic E-state index is 14.3. The van der Waals surface area contributed by atoms with Crippen LogP contribution in [0.5, 0.6) is 5.75 Å². The Kier molecular flexibility index (Phi) is 7.02.